The van der Waals surface area contributed by atoms with Crippen LogP contribution in [-0.2, 0) is 30.8 Å². The van der Waals surface area contributed by atoms with E-state index in [1.54, 1.807) is 37.3 Å². The van der Waals surface area contributed by atoms with Crippen molar-refractivity contribution >= 4 is 52.6 Å². The van der Waals surface area contributed by atoms with Crippen LogP contribution in [-0.4, -0.2) is 57.3 Å². The number of phenols is 1. The zero-order chi connectivity index (χ0) is 35.9. The highest BCUT2D eigenvalue weighted by molar-refractivity contribution is 6.33. The van der Waals surface area contributed by atoms with Crippen LogP contribution in [0, 0.1) is 23.7 Å². The number of alkyl halides is 3. The highest BCUT2D eigenvalue weighted by atomic mass is 35.5. The number of allylic oxidation sites excluding steroid dienone is 2. The number of imide groups is 2. The lowest BCUT2D eigenvalue weighted by atomic mass is 9.49. The second-order valence-electron chi connectivity index (χ2n) is 12.8. The summed E-state index contributed by atoms with van der Waals surface area (Å²) in [5.74, 6) is -6.97. The normalized spacial score (nSPS) is 27.6. The number of amides is 4. The zero-order valence-electron chi connectivity index (χ0n) is 26.5. The molecule has 7 rings (SSSR count). The number of hydrogen-bond acceptors (Lipinski definition) is 8. The Labute approximate surface area is 293 Å². The molecule has 6 unspecified atom stereocenters. The van der Waals surface area contributed by atoms with Crippen molar-refractivity contribution in [2.75, 3.05) is 19.1 Å². The smallest absolute Gasteiger partial charge is 0.417 e. The fourth-order valence-corrected chi connectivity index (χ4v) is 8.73. The maximum Gasteiger partial charge on any atom is 0.417 e. The van der Waals surface area contributed by atoms with Gasteiger partial charge in [-0.05, 0) is 67.6 Å². The quantitative estimate of drug-likeness (QED) is 0.229. The van der Waals surface area contributed by atoms with Gasteiger partial charge in [0.25, 0.3) is 11.8 Å². The van der Waals surface area contributed by atoms with Crippen LogP contribution in [0.1, 0.15) is 42.4 Å². The third-order valence-corrected chi connectivity index (χ3v) is 11.1. The van der Waals surface area contributed by atoms with Gasteiger partial charge in [-0.3, -0.25) is 29.5 Å². The molecule has 0 spiro atoms. The lowest BCUT2D eigenvalue weighted by Crippen LogP contribution is -2.53. The lowest BCUT2D eigenvalue weighted by Gasteiger charge is -2.50. The molecule has 4 aliphatic rings. The molecule has 10 nitrogen and oxygen atoms in total. The number of hydrogen-bond donors (Lipinski definition) is 2. The van der Waals surface area contributed by atoms with E-state index >= 15 is 4.79 Å². The monoisotopic (exact) mass is 728 g/mol. The van der Waals surface area contributed by atoms with Gasteiger partial charge in [0.2, 0.25) is 11.8 Å². The largest absolute Gasteiger partial charge is 0.508 e. The van der Waals surface area contributed by atoms with E-state index in [-0.39, 0.29) is 48.3 Å². The van der Waals surface area contributed by atoms with Crippen molar-refractivity contribution < 1.29 is 42.2 Å². The van der Waals surface area contributed by atoms with Gasteiger partial charge >= 0.3 is 6.18 Å². The number of aromatic nitrogens is 1. The zero-order valence-corrected chi connectivity index (χ0v) is 28.0. The molecule has 1 aromatic heterocycles. The van der Waals surface area contributed by atoms with Gasteiger partial charge in [-0.1, -0.05) is 47.0 Å². The second-order valence-corrected chi connectivity index (χ2v) is 13.6. The first kappa shape index (κ1) is 33.9. The Kier molecular flexibility index (Phi) is 8.13. The van der Waals surface area contributed by atoms with Crippen molar-refractivity contribution in [1.29, 1.82) is 0 Å². The molecule has 2 N–H and O–H groups in total. The highest BCUT2D eigenvalue weighted by Gasteiger charge is 2.70. The summed E-state index contributed by atoms with van der Waals surface area (Å²) >= 11 is 12.5. The van der Waals surface area contributed by atoms with E-state index in [4.69, 9.17) is 27.9 Å². The number of likely N-dealkylation sites (tertiary alicyclic amines) is 1. The van der Waals surface area contributed by atoms with Crippen LogP contribution < -0.4 is 10.2 Å². The van der Waals surface area contributed by atoms with Gasteiger partial charge in [0, 0.05) is 29.2 Å². The number of fused-ring (bicyclic) bond motifs is 4. The van der Waals surface area contributed by atoms with Crippen LogP contribution in [0.15, 0.2) is 66.4 Å². The molecule has 1 saturated carbocycles. The fraction of sp³-hybridized carbons (Fsp3) is 0.343. The predicted molar refractivity (Wildman–Crippen MR) is 174 cm³/mol. The molecular weight excluding hydrogens is 700 g/mol. The molecule has 0 bridgehead atoms. The van der Waals surface area contributed by atoms with E-state index in [1.807, 2.05) is 6.08 Å². The first-order valence-electron chi connectivity index (χ1n) is 15.8. The summed E-state index contributed by atoms with van der Waals surface area (Å²) in [6, 6.07) is 11.4. The van der Waals surface area contributed by atoms with E-state index in [9.17, 15) is 32.7 Å². The minimum absolute atomic E-state index is 0.0373. The average Bonchev–Trinajstić information content (AvgIpc) is 3.46. The summed E-state index contributed by atoms with van der Waals surface area (Å²) < 4.78 is 45.7. The molecule has 2 aromatic carbocycles. The van der Waals surface area contributed by atoms with Crippen LogP contribution in [0.2, 0.25) is 10.0 Å². The minimum Gasteiger partial charge on any atom is -0.508 e. The summed E-state index contributed by atoms with van der Waals surface area (Å²) in [6.45, 7) is 1.87. The van der Waals surface area contributed by atoms with Crippen LogP contribution in [0.5, 0.6) is 11.5 Å². The number of nitrogens with one attached hydrogen (secondary N) is 1. The Morgan fingerprint density at radius 3 is 2.38 bits per heavy atom. The predicted octanol–water partition coefficient (Wildman–Crippen LogP) is 6.13. The molecule has 6 atom stereocenters. The second kappa shape index (κ2) is 12.0. The van der Waals surface area contributed by atoms with Crippen molar-refractivity contribution in [3.63, 3.8) is 0 Å². The van der Waals surface area contributed by atoms with Gasteiger partial charge in [0.15, 0.2) is 5.82 Å². The van der Waals surface area contributed by atoms with Gasteiger partial charge in [-0.25, -0.2) is 4.98 Å². The minimum atomic E-state index is -4.75. The molecule has 260 valence electrons. The molecule has 3 fully saturated rings. The van der Waals surface area contributed by atoms with Crippen LogP contribution in [0.3, 0.4) is 0 Å². The Morgan fingerprint density at radius 1 is 1.02 bits per heavy atom. The number of aromatic hydroxyl groups is 1. The molecule has 2 aliphatic carbocycles. The maximum atomic E-state index is 15.2. The van der Waals surface area contributed by atoms with Crippen LogP contribution in [0.25, 0.3) is 0 Å². The molecule has 2 saturated heterocycles. The maximum absolute atomic E-state index is 15.2. The summed E-state index contributed by atoms with van der Waals surface area (Å²) in [7, 11) is 1.43. The number of pyridine rings is 1. The standard InChI is InChI=1S/C35H29Cl2F3N4O6/c1-3-43-30(46)21-10-9-20-22(27(21)32(43)48)14-24-31(47)44(42-29-25(37)12-17(15-41-29)35(38,39)40)33(49)34(24,16-4-6-18(36)7-5-16)28(20)23-13-19(50-2)8-11-26(23)45/h4-9,11-13,15,21-22,24,27-28,45H,3,10,14H2,1-2H3,(H,41,42). The van der Waals surface area contributed by atoms with Crippen molar-refractivity contribution in [2.45, 2.75) is 37.3 Å². The first-order valence-corrected chi connectivity index (χ1v) is 16.5. The van der Waals surface area contributed by atoms with Crippen molar-refractivity contribution in [3.8, 4) is 11.5 Å². The van der Waals surface area contributed by atoms with E-state index in [2.05, 4.69) is 10.4 Å². The Hall–Kier alpha value is -4.62. The topological polar surface area (TPSA) is 129 Å². The molecule has 3 heterocycles. The average molecular weight is 730 g/mol. The molecular formula is C35H29Cl2F3N4O6. The molecule has 0 radical (unpaired) electrons. The van der Waals surface area contributed by atoms with E-state index in [0.29, 0.717) is 39.2 Å². The summed E-state index contributed by atoms with van der Waals surface area (Å²) in [5, 5.41) is 12.0. The number of anilines is 1. The third kappa shape index (κ3) is 4.88. The number of halogens is 5. The number of methoxy groups -OCH3 is 1. The van der Waals surface area contributed by atoms with Crippen LogP contribution >= 0.6 is 23.2 Å². The highest BCUT2D eigenvalue weighted by Crippen LogP contribution is 2.65. The van der Waals surface area contributed by atoms with Gasteiger partial charge < -0.3 is 9.84 Å². The fourth-order valence-electron chi connectivity index (χ4n) is 8.39. The first-order chi connectivity index (χ1) is 23.7. The van der Waals surface area contributed by atoms with E-state index in [1.165, 1.54) is 24.1 Å². The SMILES string of the molecule is CCN1C(=O)C2CC=C3C(CC4C(=O)N(Nc5ncc(C(F)(F)F)cc5Cl)C(=O)C4(c4ccc(Cl)cc4)C3c3cc(OC)ccc3O)C2C1=O. The number of nitrogens with zero attached hydrogens (tertiary/aromatic N) is 3. The number of rotatable bonds is 6. The number of benzene rings is 2. The van der Waals surface area contributed by atoms with Gasteiger partial charge in [0.05, 0.1) is 40.9 Å². The Balaban J connectivity index is 1.46. The third-order valence-electron chi connectivity index (χ3n) is 10.5. The molecule has 2 aliphatic heterocycles. The molecule has 50 heavy (non-hydrogen) atoms. The van der Waals surface area contributed by atoms with Gasteiger partial charge in [-0.2, -0.15) is 18.2 Å². The lowest BCUT2D eigenvalue weighted by molar-refractivity contribution is -0.141. The van der Waals surface area contributed by atoms with E-state index < -0.39 is 63.6 Å². The summed E-state index contributed by atoms with van der Waals surface area (Å²) in [5.41, 5.74) is 0.845. The Morgan fingerprint density at radius 2 is 1.74 bits per heavy atom. The molecule has 15 heteroatoms. The number of phenolic OH excluding ortho intramolecular Hbond substituents is 1. The summed E-state index contributed by atoms with van der Waals surface area (Å²) in [4.78, 5) is 62.0. The number of carbonyl (C=O) groups excluding carboxylic acids is 4. The van der Waals surface area contributed by atoms with Crippen molar-refractivity contribution in [2.24, 2.45) is 23.7 Å². The number of carbonyl (C=O) groups is 4. The van der Waals surface area contributed by atoms with Gasteiger partial charge in [0.1, 0.15) is 11.5 Å². The number of hydrazine groups is 1. The van der Waals surface area contributed by atoms with Crippen LogP contribution in [0.4, 0.5) is 19.0 Å². The van der Waals surface area contributed by atoms with Gasteiger partial charge in [-0.15, -0.1) is 0 Å². The van der Waals surface area contributed by atoms with Crippen molar-refractivity contribution in [3.05, 3.63) is 93.1 Å². The Bertz CT molecular complexity index is 1990. The number of ether oxygens (including phenoxy) is 1. The van der Waals surface area contributed by atoms with Crippen molar-refractivity contribution in [1.82, 2.24) is 14.9 Å². The van der Waals surface area contributed by atoms with E-state index in [0.717, 1.165) is 0 Å². The summed E-state index contributed by atoms with van der Waals surface area (Å²) in [6.07, 6.45) is -2.24. The molecule has 4 amide bonds. The molecule has 3 aromatic rings.